The molecule has 0 radical (unpaired) electrons. The lowest BCUT2D eigenvalue weighted by atomic mass is 9.92. The molecule has 0 amide bonds. The van der Waals surface area contributed by atoms with Crippen LogP contribution in [0, 0.1) is 23.3 Å². The molecule has 25 heavy (non-hydrogen) atoms. The summed E-state index contributed by atoms with van der Waals surface area (Å²) in [7, 11) is 0. The maximum atomic E-state index is 13.8. The van der Waals surface area contributed by atoms with Crippen LogP contribution in [-0.2, 0) is 0 Å². The van der Waals surface area contributed by atoms with Gasteiger partial charge in [-0.3, -0.25) is 0 Å². The standard InChI is InChI=1S/C19H18F4OS/c20-14-16(22)19(17(23)15(21)18(14)24)25-13-9-7-12(8-10-13)11-5-3-1-2-4-6-11/h7-11,24H,1-6H2. The van der Waals surface area contributed by atoms with E-state index in [1.165, 1.54) is 31.2 Å². The smallest absolute Gasteiger partial charge is 0.204 e. The molecule has 0 aromatic heterocycles. The Bertz CT molecular complexity index is 724. The largest absolute Gasteiger partial charge is 0.503 e. The highest BCUT2D eigenvalue weighted by Crippen LogP contribution is 2.39. The number of rotatable bonds is 3. The predicted molar refractivity (Wildman–Crippen MR) is 88.9 cm³/mol. The number of aromatic hydroxyl groups is 1. The Balaban J connectivity index is 1.82. The minimum absolute atomic E-state index is 0.472. The van der Waals surface area contributed by atoms with E-state index < -0.39 is 33.9 Å². The van der Waals surface area contributed by atoms with Crippen molar-refractivity contribution in [1.29, 1.82) is 0 Å². The maximum absolute atomic E-state index is 13.8. The Morgan fingerprint density at radius 2 is 1.28 bits per heavy atom. The number of phenolic OH excluding ortho intramolecular Hbond substituents is 1. The highest BCUT2D eigenvalue weighted by Gasteiger charge is 2.26. The van der Waals surface area contributed by atoms with Crippen molar-refractivity contribution in [2.45, 2.75) is 54.2 Å². The number of halogens is 4. The van der Waals surface area contributed by atoms with Crippen LogP contribution in [0.25, 0.3) is 0 Å². The van der Waals surface area contributed by atoms with E-state index in [0.29, 0.717) is 22.6 Å². The zero-order valence-electron chi connectivity index (χ0n) is 13.5. The molecule has 1 saturated carbocycles. The summed E-state index contributed by atoms with van der Waals surface area (Å²) in [6, 6.07) is 7.21. The van der Waals surface area contributed by atoms with Gasteiger partial charge >= 0.3 is 0 Å². The van der Waals surface area contributed by atoms with E-state index in [1.807, 2.05) is 12.1 Å². The fourth-order valence-electron chi connectivity index (χ4n) is 3.23. The molecule has 0 spiro atoms. The van der Waals surface area contributed by atoms with Crippen molar-refractivity contribution < 1.29 is 22.7 Å². The predicted octanol–water partition coefficient (Wildman–Crippen LogP) is 6.54. The van der Waals surface area contributed by atoms with Gasteiger partial charge in [0.05, 0.1) is 4.90 Å². The monoisotopic (exact) mass is 370 g/mol. The highest BCUT2D eigenvalue weighted by atomic mass is 32.2. The lowest BCUT2D eigenvalue weighted by molar-refractivity contribution is 0.344. The summed E-state index contributed by atoms with van der Waals surface area (Å²) in [4.78, 5) is -0.324. The van der Waals surface area contributed by atoms with Gasteiger partial charge in [-0.1, -0.05) is 49.6 Å². The molecule has 0 atom stereocenters. The van der Waals surface area contributed by atoms with Crippen molar-refractivity contribution in [3.63, 3.8) is 0 Å². The van der Waals surface area contributed by atoms with Crippen LogP contribution in [-0.4, -0.2) is 5.11 Å². The number of benzene rings is 2. The lowest BCUT2D eigenvalue weighted by Gasteiger charge is -2.15. The molecule has 1 aliphatic rings. The molecule has 1 fully saturated rings. The molecule has 2 aromatic carbocycles. The molecule has 1 nitrogen and oxygen atoms in total. The van der Waals surface area contributed by atoms with Crippen LogP contribution in [0.15, 0.2) is 34.1 Å². The molecular weight excluding hydrogens is 352 g/mol. The summed E-state index contributed by atoms with van der Waals surface area (Å²) < 4.78 is 54.6. The van der Waals surface area contributed by atoms with Crippen LogP contribution in [0.3, 0.4) is 0 Å². The second-order valence-electron chi connectivity index (χ2n) is 6.29. The molecular formula is C19H18F4OS. The topological polar surface area (TPSA) is 20.2 Å². The SMILES string of the molecule is Oc1c(F)c(F)c(Sc2ccc(C3CCCCCC3)cc2)c(F)c1F. The van der Waals surface area contributed by atoms with Crippen LogP contribution >= 0.6 is 11.8 Å². The van der Waals surface area contributed by atoms with E-state index in [4.69, 9.17) is 5.11 Å². The number of hydrogen-bond donors (Lipinski definition) is 1. The van der Waals surface area contributed by atoms with Crippen molar-refractivity contribution in [1.82, 2.24) is 0 Å². The Labute approximate surface area is 148 Å². The van der Waals surface area contributed by atoms with Gasteiger partial charge in [0.2, 0.25) is 11.6 Å². The third kappa shape index (κ3) is 3.78. The van der Waals surface area contributed by atoms with E-state index in [2.05, 4.69) is 0 Å². The van der Waals surface area contributed by atoms with Crippen molar-refractivity contribution in [3.8, 4) is 5.75 Å². The van der Waals surface area contributed by atoms with E-state index in [1.54, 1.807) is 12.1 Å². The van der Waals surface area contributed by atoms with Gasteiger partial charge in [0, 0.05) is 4.90 Å². The second-order valence-corrected chi connectivity index (χ2v) is 7.38. The molecule has 0 aliphatic heterocycles. The van der Waals surface area contributed by atoms with Crippen LogP contribution < -0.4 is 0 Å². The van der Waals surface area contributed by atoms with Gasteiger partial charge in [0.25, 0.3) is 0 Å². The molecule has 134 valence electrons. The average molecular weight is 370 g/mol. The molecule has 0 saturated heterocycles. The summed E-state index contributed by atoms with van der Waals surface area (Å²) in [6.07, 6.45) is 7.16. The summed E-state index contributed by atoms with van der Waals surface area (Å²) in [5.74, 6) is -7.89. The normalized spacial score (nSPS) is 16.0. The fourth-order valence-corrected chi connectivity index (χ4v) is 4.09. The van der Waals surface area contributed by atoms with Gasteiger partial charge in [0.1, 0.15) is 0 Å². The first kappa shape index (κ1) is 18.1. The van der Waals surface area contributed by atoms with Gasteiger partial charge < -0.3 is 5.11 Å². The van der Waals surface area contributed by atoms with Crippen LogP contribution in [0.2, 0.25) is 0 Å². The molecule has 6 heteroatoms. The second kappa shape index (κ2) is 7.68. The van der Waals surface area contributed by atoms with Gasteiger partial charge in [0.15, 0.2) is 17.4 Å². The van der Waals surface area contributed by atoms with E-state index in [0.717, 1.165) is 12.8 Å². The molecule has 1 N–H and O–H groups in total. The average Bonchev–Trinajstić information content (AvgIpc) is 2.92. The van der Waals surface area contributed by atoms with Crippen molar-refractivity contribution in [2.75, 3.05) is 0 Å². The Kier molecular flexibility index (Phi) is 5.57. The lowest BCUT2D eigenvalue weighted by Crippen LogP contribution is -1.99. The van der Waals surface area contributed by atoms with Gasteiger partial charge in [-0.05, 0) is 36.5 Å². The Hall–Kier alpha value is -1.69. The molecule has 2 aromatic rings. The fraction of sp³-hybridized carbons (Fsp3) is 0.368. The number of hydrogen-bond acceptors (Lipinski definition) is 2. The summed E-state index contributed by atoms with van der Waals surface area (Å²) >= 11 is 0.596. The summed E-state index contributed by atoms with van der Waals surface area (Å²) in [5.41, 5.74) is 1.18. The number of phenols is 1. The molecule has 0 heterocycles. The third-order valence-corrected chi connectivity index (χ3v) is 5.70. The zero-order valence-corrected chi connectivity index (χ0v) is 14.3. The summed E-state index contributed by atoms with van der Waals surface area (Å²) in [5, 5.41) is 9.02. The first-order valence-electron chi connectivity index (χ1n) is 8.31. The van der Waals surface area contributed by atoms with Crippen LogP contribution in [0.5, 0.6) is 5.75 Å². The minimum atomic E-state index is -1.78. The first-order chi connectivity index (χ1) is 12.0. The Morgan fingerprint density at radius 1 is 0.760 bits per heavy atom. The van der Waals surface area contributed by atoms with Crippen molar-refractivity contribution >= 4 is 11.8 Å². The quantitative estimate of drug-likeness (QED) is 0.376. The van der Waals surface area contributed by atoms with Crippen LogP contribution in [0.1, 0.15) is 50.0 Å². The van der Waals surface area contributed by atoms with E-state index in [-0.39, 0.29) is 0 Å². The highest BCUT2D eigenvalue weighted by molar-refractivity contribution is 7.99. The Morgan fingerprint density at radius 3 is 1.80 bits per heavy atom. The summed E-state index contributed by atoms with van der Waals surface area (Å²) in [6.45, 7) is 0. The zero-order chi connectivity index (χ0) is 18.0. The third-order valence-electron chi connectivity index (χ3n) is 4.63. The van der Waals surface area contributed by atoms with E-state index >= 15 is 0 Å². The molecule has 1 aliphatic carbocycles. The van der Waals surface area contributed by atoms with Gasteiger partial charge in [-0.2, -0.15) is 8.78 Å². The van der Waals surface area contributed by atoms with Crippen molar-refractivity contribution in [3.05, 3.63) is 53.1 Å². The molecule has 0 unspecified atom stereocenters. The minimum Gasteiger partial charge on any atom is -0.503 e. The van der Waals surface area contributed by atoms with Crippen LogP contribution in [0.4, 0.5) is 17.6 Å². The van der Waals surface area contributed by atoms with Gasteiger partial charge in [-0.25, -0.2) is 8.78 Å². The van der Waals surface area contributed by atoms with E-state index in [9.17, 15) is 17.6 Å². The first-order valence-corrected chi connectivity index (χ1v) is 9.13. The van der Waals surface area contributed by atoms with Crippen molar-refractivity contribution in [2.24, 2.45) is 0 Å². The maximum Gasteiger partial charge on any atom is 0.204 e. The van der Waals surface area contributed by atoms with Gasteiger partial charge in [-0.15, -0.1) is 0 Å². The molecule has 0 bridgehead atoms. The molecule has 3 rings (SSSR count).